The summed E-state index contributed by atoms with van der Waals surface area (Å²) in [5.41, 5.74) is 0. The summed E-state index contributed by atoms with van der Waals surface area (Å²) in [7, 11) is 0. The van der Waals surface area contributed by atoms with Gasteiger partial charge in [-0.05, 0) is 31.6 Å². The van der Waals surface area contributed by atoms with Crippen LogP contribution in [0.4, 0.5) is 0 Å². The van der Waals surface area contributed by atoms with Crippen LogP contribution in [0.2, 0.25) is 0 Å². The minimum Gasteiger partial charge on any atom is -0.381 e. The Hall–Kier alpha value is -0.0400. The summed E-state index contributed by atoms with van der Waals surface area (Å²) < 4.78 is 5.31. The van der Waals surface area contributed by atoms with Crippen LogP contribution in [0.5, 0.6) is 0 Å². The minimum atomic E-state index is 0.938. The molecule has 1 radical (unpaired) electrons. The molecule has 0 atom stereocenters. The number of ether oxygens (including phenoxy) is 1. The second-order valence-electron chi connectivity index (χ2n) is 2.61. The molecule has 1 rings (SSSR count). The van der Waals surface area contributed by atoms with Gasteiger partial charge in [0, 0.05) is 13.2 Å². The normalized spacial score (nSPS) is 18.3. The molecule has 0 heterocycles. The second-order valence-corrected chi connectivity index (χ2v) is 2.61. The van der Waals surface area contributed by atoms with Gasteiger partial charge < -0.3 is 4.74 Å². The quantitative estimate of drug-likeness (QED) is 0.514. The smallest absolute Gasteiger partial charge is 0.0471 e. The maximum absolute atomic E-state index is 5.31. The highest BCUT2D eigenvalue weighted by Crippen LogP contribution is 2.34. The van der Waals surface area contributed by atoms with E-state index in [1.54, 1.807) is 5.92 Å². The lowest BCUT2D eigenvalue weighted by Crippen LogP contribution is -1.95. The van der Waals surface area contributed by atoms with Gasteiger partial charge in [0.2, 0.25) is 0 Å². The summed E-state index contributed by atoms with van der Waals surface area (Å²) in [4.78, 5) is 0. The van der Waals surface area contributed by atoms with Crippen LogP contribution in [-0.2, 0) is 4.74 Å². The summed E-state index contributed by atoms with van der Waals surface area (Å²) in [5, 5.41) is 0. The molecule has 9 heavy (non-hydrogen) atoms. The Morgan fingerprint density at radius 3 is 2.67 bits per heavy atom. The highest BCUT2D eigenvalue weighted by molar-refractivity contribution is 5.04. The average Bonchev–Trinajstić information content (AvgIpc) is 2.63. The van der Waals surface area contributed by atoms with Crippen molar-refractivity contribution in [2.24, 2.45) is 0 Å². The predicted octanol–water partition coefficient (Wildman–Crippen LogP) is 2.17. The molecule has 1 nitrogen and oxygen atoms in total. The Labute approximate surface area is 57.4 Å². The molecule has 0 saturated heterocycles. The topological polar surface area (TPSA) is 9.23 Å². The van der Waals surface area contributed by atoms with E-state index in [0.717, 1.165) is 19.6 Å². The molecule has 1 aliphatic rings. The monoisotopic (exact) mass is 127 g/mol. The van der Waals surface area contributed by atoms with E-state index >= 15 is 0 Å². The van der Waals surface area contributed by atoms with Crippen LogP contribution in [0.15, 0.2) is 0 Å². The molecule has 0 aromatic rings. The fraction of sp³-hybridized carbons (Fsp3) is 0.875. The van der Waals surface area contributed by atoms with Crippen molar-refractivity contribution in [3.05, 3.63) is 5.92 Å². The molecule has 1 aliphatic carbocycles. The zero-order valence-corrected chi connectivity index (χ0v) is 6.15. The third-order valence-corrected chi connectivity index (χ3v) is 1.55. The SMILES string of the molecule is CCCOCC[C]1CC1. The van der Waals surface area contributed by atoms with E-state index in [4.69, 9.17) is 4.74 Å². The number of rotatable bonds is 5. The van der Waals surface area contributed by atoms with Gasteiger partial charge in [-0.1, -0.05) is 6.92 Å². The number of hydrogen-bond acceptors (Lipinski definition) is 1. The summed E-state index contributed by atoms with van der Waals surface area (Å²) in [5.74, 6) is 1.70. The van der Waals surface area contributed by atoms with E-state index < -0.39 is 0 Å². The summed E-state index contributed by atoms with van der Waals surface area (Å²) in [6.45, 7) is 4.04. The summed E-state index contributed by atoms with van der Waals surface area (Å²) in [6.07, 6.45) is 5.11. The lowest BCUT2D eigenvalue weighted by molar-refractivity contribution is 0.136. The molecule has 1 heteroatoms. The van der Waals surface area contributed by atoms with Gasteiger partial charge in [0.1, 0.15) is 0 Å². The maximum atomic E-state index is 5.31. The first kappa shape index (κ1) is 7.07. The van der Waals surface area contributed by atoms with Gasteiger partial charge in [0.05, 0.1) is 0 Å². The van der Waals surface area contributed by atoms with Gasteiger partial charge in [0.25, 0.3) is 0 Å². The molecule has 0 aromatic carbocycles. The van der Waals surface area contributed by atoms with E-state index in [0.29, 0.717) is 0 Å². The lowest BCUT2D eigenvalue weighted by Gasteiger charge is -1.98. The minimum absolute atomic E-state index is 0.938. The first-order valence-electron chi connectivity index (χ1n) is 3.85. The Morgan fingerprint density at radius 2 is 2.11 bits per heavy atom. The van der Waals surface area contributed by atoms with E-state index in [9.17, 15) is 0 Å². The fourth-order valence-electron chi connectivity index (χ4n) is 0.801. The molecule has 1 saturated carbocycles. The first-order valence-corrected chi connectivity index (χ1v) is 3.85. The summed E-state index contributed by atoms with van der Waals surface area (Å²) in [6, 6.07) is 0. The Kier molecular flexibility index (Phi) is 3.05. The van der Waals surface area contributed by atoms with Gasteiger partial charge in [-0.2, -0.15) is 0 Å². The van der Waals surface area contributed by atoms with Gasteiger partial charge >= 0.3 is 0 Å². The van der Waals surface area contributed by atoms with Gasteiger partial charge in [-0.25, -0.2) is 0 Å². The molecule has 0 aromatic heterocycles. The summed E-state index contributed by atoms with van der Waals surface area (Å²) >= 11 is 0. The third kappa shape index (κ3) is 3.52. The Balaban J connectivity index is 1.71. The van der Waals surface area contributed by atoms with Crippen LogP contribution in [0.3, 0.4) is 0 Å². The highest BCUT2D eigenvalue weighted by Gasteiger charge is 2.20. The number of hydrogen-bond donors (Lipinski definition) is 0. The molecule has 0 bridgehead atoms. The van der Waals surface area contributed by atoms with Gasteiger partial charge in [-0.3, -0.25) is 0 Å². The maximum Gasteiger partial charge on any atom is 0.0471 e. The van der Waals surface area contributed by atoms with Crippen molar-refractivity contribution in [2.75, 3.05) is 13.2 Å². The standard InChI is InChI=1S/C8H15O/c1-2-6-9-7-5-8-3-4-8/h2-7H2,1H3. The van der Waals surface area contributed by atoms with Crippen LogP contribution in [-0.4, -0.2) is 13.2 Å². The average molecular weight is 127 g/mol. The molecular weight excluding hydrogens is 112 g/mol. The highest BCUT2D eigenvalue weighted by atomic mass is 16.5. The van der Waals surface area contributed by atoms with Gasteiger partial charge in [0.15, 0.2) is 0 Å². The van der Waals surface area contributed by atoms with E-state index in [-0.39, 0.29) is 0 Å². The zero-order valence-electron chi connectivity index (χ0n) is 6.15. The second kappa shape index (κ2) is 3.89. The predicted molar refractivity (Wildman–Crippen MR) is 38.2 cm³/mol. The van der Waals surface area contributed by atoms with E-state index in [2.05, 4.69) is 6.92 Å². The van der Waals surface area contributed by atoms with Crippen molar-refractivity contribution >= 4 is 0 Å². The molecule has 0 amide bonds. The van der Waals surface area contributed by atoms with Crippen LogP contribution in [0, 0.1) is 5.92 Å². The fourth-order valence-corrected chi connectivity index (χ4v) is 0.801. The largest absolute Gasteiger partial charge is 0.381 e. The first-order chi connectivity index (χ1) is 4.43. The van der Waals surface area contributed by atoms with Gasteiger partial charge in [-0.15, -0.1) is 0 Å². The Morgan fingerprint density at radius 1 is 1.33 bits per heavy atom. The molecular formula is C8H15O. The molecule has 0 N–H and O–H groups in total. The van der Waals surface area contributed by atoms with E-state index in [1.807, 2.05) is 0 Å². The van der Waals surface area contributed by atoms with Crippen molar-refractivity contribution in [1.82, 2.24) is 0 Å². The van der Waals surface area contributed by atoms with Crippen LogP contribution < -0.4 is 0 Å². The third-order valence-electron chi connectivity index (χ3n) is 1.55. The van der Waals surface area contributed by atoms with Crippen molar-refractivity contribution in [2.45, 2.75) is 32.6 Å². The van der Waals surface area contributed by atoms with Crippen molar-refractivity contribution in [3.63, 3.8) is 0 Å². The molecule has 0 spiro atoms. The van der Waals surface area contributed by atoms with Crippen LogP contribution in [0.25, 0.3) is 0 Å². The van der Waals surface area contributed by atoms with E-state index in [1.165, 1.54) is 19.3 Å². The zero-order chi connectivity index (χ0) is 6.53. The molecule has 1 fully saturated rings. The lowest BCUT2D eigenvalue weighted by atomic mass is 10.3. The molecule has 0 unspecified atom stereocenters. The van der Waals surface area contributed by atoms with Crippen LogP contribution >= 0.6 is 0 Å². The van der Waals surface area contributed by atoms with Crippen LogP contribution in [0.1, 0.15) is 32.6 Å². The Bertz CT molecular complexity index is 67.0. The van der Waals surface area contributed by atoms with Crippen molar-refractivity contribution in [3.8, 4) is 0 Å². The van der Waals surface area contributed by atoms with Crippen molar-refractivity contribution < 1.29 is 4.74 Å². The molecule has 0 aliphatic heterocycles. The van der Waals surface area contributed by atoms with Crippen molar-refractivity contribution in [1.29, 1.82) is 0 Å². The molecule has 53 valence electrons.